The molecule has 0 aliphatic heterocycles. The Bertz CT molecular complexity index is 743. The van der Waals surface area contributed by atoms with E-state index in [0.29, 0.717) is 28.5 Å². The summed E-state index contributed by atoms with van der Waals surface area (Å²) in [5.74, 6) is 1.26. The second kappa shape index (κ2) is 8.19. The van der Waals surface area contributed by atoms with Crippen LogP contribution in [0.1, 0.15) is 22.8 Å². The van der Waals surface area contributed by atoms with Crippen LogP contribution in [-0.4, -0.2) is 33.0 Å². The number of methoxy groups -OCH3 is 3. The summed E-state index contributed by atoms with van der Waals surface area (Å²) in [5.41, 5.74) is 1.96. The topological polar surface area (TPSA) is 73.9 Å². The van der Waals surface area contributed by atoms with Crippen molar-refractivity contribution in [2.45, 2.75) is 13.3 Å². The number of ether oxygens (including phenoxy) is 3. The van der Waals surface area contributed by atoms with Crippen molar-refractivity contribution in [3.05, 3.63) is 47.5 Å². The molecule has 0 heterocycles. The summed E-state index contributed by atoms with van der Waals surface area (Å²) in [6.45, 7) is 1.50. The van der Waals surface area contributed by atoms with E-state index in [9.17, 15) is 9.59 Å². The number of anilines is 1. The first-order valence-electron chi connectivity index (χ1n) is 7.68. The fourth-order valence-corrected chi connectivity index (χ4v) is 2.42. The molecule has 0 fully saturated rings. The summed E-state index contributed by atoms with van der Waals surface area (Å²) in [6.07, 6.45) is 0.144. The Morgan fingerprint density at radius 2 is 1.48 bits per heavy atom. The molecule has 0 atom stereocenters. The largest absolute Gasteiger partial charge is 0.493 e. The van der Waals surface area contributed by atoms with Crippen LogP contribution in [-0.2, 0) is 11.2 Å². The van der Waals surface area contributed by atoms with E-state index in [4.69, 9.17) is 14.2 Å². The third-order valence-corrected chi connectivity index (χ3v) is 3.66. The molecule has 0 saturated heterocycles. The molecule has 0 aliphatic carbocycles. The van der Waals surface area contributed by atoms with E-state index in [1.165, 1.54) is 28.3 Å². The Morgan fingerprint density at radius 3 is 1.92 bits per heavy atom. The number of benzene rings is 2. The molecule has 0 aliphatic rings. The van der Waals surface area contributed by atoms with Gasteiger partial charge in [-0.05, 0) is 48.9 Å². The first-order valence-corrected chi connectivity index (χ1v) is 7.68. The Hall–Kier alpha value is -3.02. The van der Waals surface area contributed by atoms with Crippen molar-refractivity contribution in [3.63, 3.8) is 0 Å². The van der Waals surface area contributed by atoms with Crippen LogP contribution >= 0.6 is 0 Å². The van der Waals surface area contributed by atoms with Crippen LogP contribution in [0.4, 0.5) is 5.69 Å². The molecule has 6 nitrogen and oxygen atoms in total. The van der Waals surface area contributed by atoms with Crippen molar-refractivity contribution in [1.29, 1.82) is 0 Å². The minimum Gasteiger partial charge on any atom is -0.493 e. The molecule has 1 amide bonds. The van der Waals surface area contributed by atoms with Gasteiger partial charge in [0.15, 0.2) is 17.3 Å². The number of Topliss-reactive ketones (excluding diaryl/α,β-unsaturated/α-hetero) is 1. The lowest BCUT2D eigenvalue weighted by Gasteiger charge is -2.14. The highest BCUT2D eigenvalue weighted by Crippen LogP contribution is 2.38. The quantitative estimate of drug-likeness (QED) is 0.782. The molecule has 0 spiro atoms. The zero-order chi connectivity index (χ0) is 18.4. The van der Waals surface area contributed by atoms with E-state index >= 15 is 0 Å². The van der Waals surface area contributed by atoms with Gasteiger partial charge in [-0.1, -0.05) is 0 Å². The van der Waals surface area contributed by atoms with Crippen LogP contribution < -0.4 is 19.5 Å². The highest BCUT2D eigenvalue weighted by atomic mass is 16.5. The number of hydrogen-bond acceptors (Lipinski definition) is 5. The van der Waals surface area contributed by atoms with Gasteiger partial charge in [-0.3, -0.25) is 9.59 Å². The molecule has 0 saturated carbocycles. The van der Waals surface area contributed by atoms with Crippen LogP contribution in [0.15, 0.2) is 36.4 Å². The summed E-state index contributed by atoms with van der Waals surface area (Å²) >= 11 is 0. The SMILES string of the molecule is COc1cc(CC(=O)Nc2ccc(C(C)=O)cc2)cc(OC)c1OC. The third kappa shape index (κ3) is 4.50. The normalized spacial score (nSPS) is 10.1. The van der Waals surface area contributed by atoms with Gasteiger partial charge in [0.25, 0.3) is 0 Å². The summed E-state index contributed by atoms with van der Waals surface area (Å²) in [5, 5.41) is 2.80. The van der Waals surface area contributed by atoms with Gasteiger partial charge < -0.3 is 19.5 Å². The van der Waals surface area contributed by atoms with Crippen molar-refractivity contribution < 1.29 is 23.8 Å². The molecule has 6 heteroatoms. The number of carbonyl (C=O) groups excluding carboxylic acids is 2. The van der Waals surface area contributed by atoms with Gasteiger partial charge >= 0.3 is 0 Å². The minimum atomic E-state index is -0.190. The van der Waals surface area contributed by atoms with E-state index in [2.05, 4.69) is 5.32 Å². The molecule has 0 radical (unpaired) electrons. The maximum atomic E-state index is 12.3. The number of ketones is 1. The van der Waals surface area contributed by atoms with Crippen molar-refractivity contribution >= 4 is 17.4 Å². The molecular weight excluding hydrogens is 322 g/mol. The molecule has 0 unspecified atom stereocenters. The molecular formula is C19H21NO5. The lowest BCUT2D eigenvalue weighted by Crippen LogP contribution is -2.14. The van der Waals surface area contributed by atoms with Crippen LogP contribution in [0.2, 0.25) is 0 Å². The predicted molar refractivity (Wildman–Crippen MR) is 94.9 cm³/mol. The van der Waals surface area contributed by atoms with Crippen molar-refractivity contribution in [2.75, 3.05) is 26.6 Å². The molecule has 132 valence electrons. The average Bonchev–Trinajstić information content (AvgIpc) is 2.61. The number of hydrogen-bond donors (Lipinski definition) is 1. The van der Waals surface area contributed by atoms with Gasteiger partial charge in [-0.15, -0.1) is 0 Å². The monoisotopic (exact) mass is 343 g/mol. The summed E-state index contributed by atoms with van der Waals surface area (Å²) < 4.78 is 15.8. The van der Waals surface area contributed by atoms with Crippen LogP contribution in [0.25, 0.3) is 0 Å². The zero-order valence-electron chi connectivity index (χ0n) is 14.7. The Labute approximate surface area is 146 Å². The Balaban J connectivity index is 2.13. The Kier molecular flexibility index (Phi) is 6.00. The molecule has 1 N–H and O–H groups in total. The van der Waals surface area contributed by atoms with Gasteiger partial charge in [-0.25, -0.2) is 0 Å². The first-order chi connectivity index (χ1) is 12.0. The predicted octanol–water partition coefficient (Wildman–Crippen LogP) is 3.10. The van der Waals surface area contributed by atoms with Crippen molar-refractivity contribution in [3.8, 4) is 17.2 Å². The molecule has 0 bridgehead atoms. The number of rotatable bonds is 7. The van der Waals surface area contributed by atoms with Crippen LogP contribution in [0.5, 0.6) is 17.2 Å². The van der Waals surface area contributed by atoms with Gasteiger partial charge in [0.05, 0.1) is 27.8 Å². The highest BCUT2D eigenvalue weighted by molar-refractivity contribution is 5.96. The molecule has 0 aromatic heterocycles. The fourth-order valence-electron chi connectivity index (χ4n) is 2.42. The summed E-state index contributed by atoms with van der Waals surface area (Å²) in [6, 6.07) is 10.2. The van der Waals surface area contributed by atoms with E-state index in [-0.39, 0.29) is 18.1 Å². The third-order valence-electron chi connectivity index (χ3n) is 3.66. The molecule has 2 aromatic rings. The van der Waals surface area contributed by atoms with Crippen molar-refractivity contribution in [1.82, 2.24) is 0 Å². The van der Waals surface area contributed by atoms with Crippen LogP contribution in [0, 0.1) is 0 Å². The van der Waals surface area contributed by atoms with E-state index in [0.717, 1.165) is 5.56 Å². The number of nitrogens with one attached hydrogen (secondary N) is 1. The lowest BCUT2D eigenvalue weighted by atomic mass is 10.1. The molecule has 2 aromatic carbocycles. The second-order valence-corrected chi connectivity index (χ2v) is 5.39. The van der Waals surface area contributed by atoms with E-state index < -0.39 is 0 Å². The standard InChI is InChI=1S/C19H21NO5/c1-12(21)14-5-7-15(8-6-14)20-18(22)11-13-9-16(23-2)19(25-4)17(10-13)24-3/h5-10H,11H2,1-4H3,(H,20,22). The first kappa shape index (κ1) is 18.3. The maximum absolute atomic E-state index is 12.3. The van der Waals surface area contributed by atoms with Crippen molar-refractivity contribution in [2.24, 2.45) is 0 Å². The smallest absolute Gasteiger partial charge is 0.228 e. The molecule has 2 rings (SSSR count). The van der Waals surface area contributed by atoms with Gasteiger partial charge in [0.2, 0.25) is 11.7 Å². The minimum absolute atomic E-state index is 0.0182. The maximum Gasteiger partial charge on any atom is 0.228 e. The van der Waals surface area contributed by atoms with Gasteiger partial charge in [0.1, 0.15) is 0 Å². The summed E-state index contributed by atoms with van der Waals surface area (Å²) in [7, 11) is 4.58. The average molecular weight is 343 g/mol. The second-order valence-electron chi connectivity index (χ2n) is 5.39. The molecule has 25 heavy (non-hydrogen) atoms. The van der Waals surface area contributed by atoms with Crippen LogP contribution in [0.3, 0.4) is 0 Å². The fraction of sp³-hybridized carbons (Fsp3) is 0.263. The Morgan fingerprint density at radius 1 is 0.920 bits per heavy atom. The lowest BCUT2D eigenvalue weighted by molar-refractivity contribution is -0.115. The summed E-state index contributed by atoms with van der Waals surface area (Å²) in [4.78, 5) is 23.5. The van der Waals surface area contributed by atoms with Gasteiger partial charge in [0, 0.05) is 11.3 Å². The van der Waals surface area contributed by atoms with E-state index in [1.807, 2.05) is 0 Å². The van der Waals surface area contributed by atoms with Gasteiger partial charge in [-0.2, -0.15) is 0 Å². The van der Waals surface area contributed by atoms with E-state index in [1.54, 1.807) is 36.4 Å². The number of carbonyl (C=O) groups is 2. The zero-order valence-corrected chi connectivity index (χ0v) is 14.7. The highest BCUT2D eigenvalue weighted by Gasteiger charge is 2.15. The number of amides is 1.